The molecule has 0 unspecified atom stereocenters. The number of carbonyl (C=O) groups excluding carboxylic acids is 1. The molecule has 106 valence electrons. The highest BCUT2D eigenvalue weighted by Gasteiger charge is 2.39. The normalized spacial score (nSPS) is 12.2. The third kappa shape index (κ3) is 3.76. The van der Waals surface area contributed by atoms with Crippen LogP contribution in [0.2, 0.25) is 0 Å². The summed E-state index contributed by atoms with van der Waals surface area (Å²) in [5, 5.41) is 1.32. The molecule has 0 heterocycles. The van der Waals surface area contributed by atoms with Crippen LogP contribution in [-0.4, -0.2) is 19.2 Å². The van der Waals surface area contributed by atoms with E-state index in [0.717, 1.165) is 13.2 Å². The number of rotatable bonds is 2. The molecular weight excluding hydrogens is 280 g/mol. The zero-order valence-corrected chi connectivity index (χ0v) is 9.32. The van der Waals surface area contributed by atoms with E-state index >= 15 is 0 Å². The highest BCUT2D eigenvalue weighted by molar-refractivity contribution is 5.96. The van der Waals surface area contributed by atoms with Crippen molar-refractivity contribution in [2.45, 2.75) is 12.4 Å². The molecule has 0 aliphatic heterocycles. The van der Waals surface area contributed by atoms with E-state index in [-0.39, 0.29) is 5.75 Å². The van der Waals surface area contributed by atoms with Crippen molar-refractivity contribution in [1.29, 1.82) is 0 Å². The molecule has 1 N–H and O–H groups in total. The second-order valence-electron chi connectivity index (χ2n) is 3.36. The summed E-state index contributed by atoms with van der Waals surface area (Å²) in [7, 11) is 1.05. The van der Waals surface area contributed by atoms with Gasteiger partial charge in [0.05, 0.1) is 18.4 Å². The fraction of sp³-hybridized carbons (Fsp3) is 0.300. The van der Waals surface area contributed by atoms with Gasteiger partial charge >= 0.3 is 18.3 Å². The molecule has 0 saturated carbocycles. The Balaban J connectivity index is 3.14. The van der Waals surface area contributed by atoms with E-state index in [2.05, 4.69) is 4.74 Å². The molecule has 0 aliphatic carbocycles. The first kappa shape index (κ1) is 15.1. The van der Waals surface area contributed by atoms with E-state index in [0.29, 0.717) is 12.1 Å². The van der Waals surface area contributed by atoms with Gasteiger partial charge in [0.1, 0.15) is 5.75 Å². The molecule has 0 atom stereocenters. The average molecular weight is 287 g/mol. The minimum atomic E-state index is -5.21. The molecule has 0 fully saturated rings. The first-order chi connectivity index (χ1) is 8.55. The smallest absolute Gasteiger partial charge is 0.471 e. The lowest BCUT2D eigenvalue weighted by Crippen LogP contribution is -2.30. The van der Waals surface area contributed by atoms with Gasteiger partial charge in [0, 0.05) is 0 Å². The SMILES string of the molecule is COc1ccc(C(F)(F)F)cc1NC(=O)C(F)(F)F. The molecule has 0 aliphatic rings. The summed E-state index contributed by atoms with van der Waals surface area (Å²) in [6, 6.07) is 1.80. The molecule has 0 radical (unpaired) electrons. The Kier molecular flexibility index (Phi) is 3.97. The molecule has 0 saturated heterocycles. The zero-order valence-electron chi connectivity index (χ0n) is 9.32. The second kappa shape index (κ2) is 4.98. The monoisotopic (exact) mass is 287 g/mol. The lowest BCUT2D eigenvalue weighted by atomic mass is 10.1. The minimum Gasteiger partial charge on any atom is -0.495 e. The van der Waals surface area contributed by atoms with Crippen LogP contribution in [0, 0.1) is 0 Å². The number of halogens is 6. The molecule has 9 heteroatoms. The topological polar surface area (TPSA) is 38.3 Å². The largest absolute Gasteiger partial charge is 0.495 e. The maximum absolute atomic E-state index is 12.4. The van der Waals surface area contributed by atoms with Crippen LogP contribution in [0.3, 0.4) is 0 Å². The Hall–Kier alpha value is -1.93. The maximum atomic E-state index is 12.4. The zero-order chi connectivity index (χ0) is 14.8. The van der Waals surface area contributed by atoms with Gasteiger partial charge < -0.3 is 10.1 Å². The van der Waals surface area contributed by atoms with Crippen LogP contribution in [0.5, 0.6) is 5.75 Å². The summed E-state index contributed by atoms with van der Waals surface area (Å²) < 4.78 is 77.9. The molecule has 1 amide bonds. The summed E-state index contributed by atoms with van der Waals surface area (Å²) in [5.74, 6) is -2.70. The Morgan fingerprint density at radius 2 is 1.74 bits per heavy atom. The number of nitrogens with one attached hydrogen (secondary N) is 1. The van der Waals surface area contributed by atoms with Crippen molar-refractivity contribution < 1.29 is 35.9 Å². The van der Waals surface area contributed by atoms with Gasteiger partial charge in [0.15, 0.2) is 0 Å². The molecule has 19 heavy (non-hydrogen) atoms. The predicted molar refractivity (Wildman–Crippen MR) is 52.7 cm³/mol. The Morgan fingerprint density at radius 1 is 1.16 bits per heavy atom. The number of carbonyl (C=O) groups is 1. The van der Waals surface area contributed by atoms with Crippen LogP contribution >= 0.6 is 0 Å². The van der Waals surface area contributed by atoms with Crippen molar-refractivity contribution in [3.63, 3.8) is 0 Å². The number of ether oxygens (including phenoxy) is 1. The molecular formula is C10H7F6NO2. The van der Waals surface area contributed by atoms with Crippen LogP contribution in [-0.2, 0) is 11.0 Å². The predicted octanol–water partition coefficient (Wildman–Crippen LogP) is 3.21. The third-order valence-electron chi connectivity index (χ3n) is 2.03. The van der Waals surface area contributed by atoms with E-state index in [1.165, 1.54) is 5.32 Å². The van der Waals surface area contributed by atoms with E-state index in [1.807, 2.05) is 0 Å². The summed E-state index contributed by atoms with van der Waals surface area (Å²) in [6.45, 7) is 0. The molecule has 0 aromatic heterocycles. The Bertz CT molecular complexity index is 480. The average Bonchev–Trinajstić information content (AvgIpc) is 2.26. The van der Waals surface area contributed by atoms with Crippen LogP contribution in [0.4, 0.5) is 32.0 Å². The van der Waals surface area contributed by atoms with Crippen molar-refractivity contribution in [1.82, 2.24) is 0 Å². The molecule has 0 bridgehead atoms. The van der Waals surface area contributed by atoms with Gasteiger partial charge in [-0.15, -0.1) is 0 Å². The lowest BCUT2D eigenvalue weighted by Gasteiger charge is -2.14. The molecule has 1 rings (SSSR count). The lowest BCUT2D eigenvalue weighted by molar-refractivity contribution is -0.167. The molecule has 0 spiro atoms. The number of methoxy groups -OCH3 is 1. The van der Waals surface area contributed by atoms with E-state index in [1.54, 1.807) is 0 Å². The number of amides is 1. The quantitative estimate of drug-likeness (QED) is 0.848. The first-order valence-corrected chi connectivity index (χ1v) is 4.69. The molecule has 3 nitrogen and oxygen atoms in total. The van der Waals surface area contributed by atoms with Crippen LogP contribution < -0.4 is 10.1 Å². The molecule has 1 aromatic rings. The van der Waals surface area contributed by atoms with E-state index < -0.39 is 29.5 Å². The molecule has 1 aromatic carbocycles. The first-order valence-electron chi connectivity index (χ1n) is 4.69. The van der Waals surface area contributed by atoms with Crippen LogP contribution in [0.25, 0.3) is 0 Å². The van der Waals surface area contributed by atoms with Gasteiger partial charge in [-0.25, -0.2) is 0 Å². The van der Waals surface area contributed by atoms with Crippen molar-refractivity contribution >= 4 is 11.6 Å². The maximum Gasteiger partial charge on any atom is 0.471 e. The summed E-state index contributed by atoms with van der Waals surface area (Å²) in [4.78, 5) is 10.7. The van der Waals surface area contributed by atoms with Crippen molar-refractivity contribution in [2.75, 3.05) is 12.4 Å². The standard InChI is InChI=1S/C10H7F6NO2/c1-19-7-3-2-5(9(11,12)13)4-6(7)17-8(18)10(14,15)16/h2-4H,1H3,(H,17,18). The van der Waals surface area contributed by atoms with E-state index in [4.69, 9.17) is 0 Å². The van der Waals surface area contributed by atoms with Crippen LogP contribution in [0.1, 0.15) is 5.56 Å². The van der Waals surface area contributed by atoms with Crippen molar-refractivity contribution in [3.8, 4) is 5.75 Å². The summed E-state index contributed by atoms with van der Waals surface area (Å²) >= 11 is 0. The van der Waals surface area contributed by atoms with Gasteiger partial charge in [-0.05, 0) is 18.2 Å². The van der Waals surface area contributed by atoms with Gasteiger partial charge in [-0.3, -0.25) is 4.79 Å². The minimum absolute atomic E-state index is 0.314. The number of hydrogen-bond donors (Lipinski definition) is 1. The second-order valence-corrected chi connectivity index (χ2v) is 3.36. The number of anilines is 1. The number of alkyl halides is 6. The van der Waals surface area contributed by atoms with Crippen molar-refractivity contribution in [3.05, 3.63) is 23.8 Å². The fourth-order valence-corrected chi connectivity index (χ4v) is 1.18. The Morgan fingerprint density at radius 3 is 2.16 bits per heavy atom. The van der Waals surface area contributed by atoms with E-state index in [9.17, 15) is 31.1 Å². The van der Waals surface area contributed by atoms with Crippen LogP contribution in [0.15, 0.2) is 18.2 Å². The summed E-state index contributed by atoms with van der Waals surface area (Å²) in [6.07, 6.45) is -9.96. The van der Waals surface area contributed by atoms with Gasteiger partial charge in [0.2, 0.25) is 0 Å². The summed E-state index contributed by atoms with van der Waals surface area (Å²) in [5.41, 5.74) is -1.91. The fourth-order valence-electron chi connectivity index (χ4n) is 1.18. The van der Waals surface area contributed by atoms with Crippen molar-refractivity contribution in [2.24, 2.45) is 0 Å². The third-order valence-corrected chi connectivity index (χ3v) is 2.03. The number of hydrogen-bond acceptors (Lipinski definition) is 2. The Labute approximate surface area is 103 Å². The highest BCUT2D eigenvalue weighted by Crippen LogP contribution is 2.35. The number of benzene rings is 1. The van der Waals surface area contributed by atoms with Gasteiger partial charge in [-0.1, -0.05) is 0 Å². The van der Waals surface area contributed by atoms with Gasteiger partial charge in [0.25, 0.3) is 0 Å². The van der Waals surface area contributed by atoms with Gasteiger partial charge in [-0.2, -0.15) is 26.3 Å². The highest BCUT2D eigenvalue weighted by atomic mass is 19.4.